The Morgan fingerprint density at radius 3 is 1.40 bits per heavy atom. The Bertz CT molecular complexity index is 4480. The number of nitrogens with one attached hydrogen (secondary N) is 1. The smallest absolute Gasteiger partial charge is 0.351 e. The van der Waals surface area contributed by atoms with Crippen LogP contribution in [-0.2, 0) is 57.1 Å². The Labute approximate surface area is 630 Å². The molecule has 3 aromatic heterocycles. The van der Waals surface area contributed by atoms with Gasteiger partial charge in [-0.15, -0.1) is 12.4 Å². The highest BCUT2D eigenvalue weighted by Gasteiger charge is 2.61. The van der Waals surface area contributed by atoms with Crippen LogP contribution in [0.2, 0.25) is 5.02 Å². The summed E-state index contributed by atoms with van der Waals surface area (Å²) >= 11 is 5.97. The van der Waals surface area contributed by atoms with Gasteiger partial charge in [-0.05, 0) is 123 Å². The first-order chi connectivity index (χ1) is 52.2. The van der Waals surface area contributed by atoms with Crippen molar-refractivity contribution in [3.8, 4) is 0 Å². The largest absolute Gasteiger partial charge is 0.480 e. The summed E-state index contributed by atoms with van der Waals surface area (Å²) in [4.78, 5) is 134. The average Bonchev–Trinajstić information content (AvgIpc) is 1.61. The number of alkyl halides is 3. The highest BCUT2D eigenvalue weighted by atomic mass is 35.5. The second kappa shape index (κ2) is 37.6. The Kier molecular flexibility index (Phi) is 29.0. The SMILES string of the molecule is COC(=O)[C@@H]1CCCN1.COC(=O)[C@@H]1CCCN1c1ccn(C2O[C@@](CO)(N=[N+]=[N-])C(O)[C@@H]2F)c(=O)n1.COC(=O)[C@@H]1CCCN1c1ccn(C2O[C@@](COC(=O)c3cccc(Cl)c3)(N=[N+]=[N-])C(OC(=O)c3ccccc3)[C@@H]2F)c(=O)n1.Cl.[N-]=[N+]=N[C@]1(CO)OC(n2ccc(N3CCC[C@H]3C(=O)O)nc2=O)[C@@H](F)C1O. The highest BCUT2D eigenvalue weighted by Crippen LogP contribution is 2.44. The molecular weight excluding hydrogens is 1510 g/mol. The van der Waals surface area contributed by atoms with E-state index in [9.17, 15) is 83.0 Å². The fourth-order valence-corrected chi connectivity index (χ4v) is 13.2. The van der Waals surface area contributed by atoms with Crippen molar-refractivity contribution in [2.24, 2.45) is 15.3 Å². The van der Waals surface area contributed by atoms with E-state index in [1.54, 1.807) is 28.0 Å². The maximum Gasteiger partial charge on any atom is 0.351 e. The van der Waals surface area contributed by atoms with Crippen LogP contribution in [0, 0.1) is 0 Å². The molecule has 16 atom stereocenters. The van der Waals surface area contributed by atoms with Crippen molar-refractivity contribution in [3.63, 3.8) is 0 Å². The highest BCUT2D eigenvalue weighted by molar-refractivity contribution is 6.30. The van der Waals surface area contributed by atoms with Gasteiger partial charge in [0.15, 0.2) is 43.3 Å². The Morgan fingerprint density at radius 2 is 1.00 bits per heavy atom. The van der Waals surface area contributed by atoms with Crippen LogP contribution in [0.25, 0.3) is 31.3 Å². The molecule has 0 aliphatic carbocycles. The number of benzene rings is 2. The number of carbonyl (C=O) groups is 6. The minimum Gasteiger partial charge on any atom is -0.480 e. The van der Waals surface area contributed by atoms with Crippen LogP contribution < -0.4 is 37.1 Å². The number of esters is 5. The van der Waals surface area contributed by atoms with Crippen molar-refractivity contribution in [3.05, 3.63) is 170 Å². The quantitative estimate of drug-likeness (QED) is 0.0214. The standard InChI is InChI=1S/C29H26ClFN6O8.C15H19FN6O6.C14H17FN6O6.C6H11NO2.ClH/c1-42-27(40)20-11-6-13-36(20)21-12-14-37(28(41)33-21)24-22(31)23(44-26(39)17-7-3-2-4-8-17)29(45-24,34-35-32)16-43-25(38)18-9-5-10-19(30)15-18;1-27-13(25)8-3-2-5-21(8)9-4-6-22(14(26)18-9)12-10(16)11(24)15(7-23,28-12)19-20-17;15-9-10(23)14(6-22,18-19-16)27-11(9)21-5-3-8(17-13(21)26)20-4-1-2-7(20)12(24)25;1-9-6(8)5-3-2-4-7-5;/h2-5,7-10,12,14-15,20,22-24H,6,11,13,16H2,1H3;4,6,8,10-12,23-24H,2-3,5,7H2,1H3;3,5,7,9-11,22-23H,1-2,4,6H2,(H,24,25);5,7H,2-4H2,1H3;1H/t20-,22-,23?,24?,29+;8-,10-,11?,12?,15+;7-,9-,10?,11?,14+;5-;/m0000./s1. The number of azide groups is 3. The number of aromatic nitrogens is 6. The van der Waals surface area contributed by atoms with E-state index in [0.717, 1.165) is 39.3 Å². The third-order valence-corrected chi connectivity index (χ3v) is 18.8. The molecule has 0 bridgehead atoms. The van der Waals surface area contributed by atoms with Crippen LogP contribution in [0.5, 0.6) is 0 Å². The number of carbonyl (C=O) groups excluding carboxylic acids is 5. The summed E-state index contributed by atoms with van der Waals surface area (Å²) in [5, 5.41) is 61.1. The zero-order valence-electron chi connectivity index (χ0n) is 58.4. The molecule has 0 saturated carbocycles. The lowest BCUT2D eigenvalue weighted by Gasteiger charge is -2.28. The number of halogens is 5. The van der Waals surface area contributed by atoms with Crippen LogP contribution >= 0.6 is 24.0 Å². The molecule has 0 spiro atoms. The number of aliphatic hydroxyl groups is 4. The fourth-order valence-electron chi connectivity index (χ4n) is 13.0. The van der Waals surface area contributed by atoms with Gasteiger partial charge in [-0.2, -0.15) is 15.0 Å². The molecule has 7 fully saturated rings. The van der Waals surface area contributed by atoms with Crippen molar-refractivity contribution in [2.45, 2.75) is 148 Å². The lowest BCUT2D eigenvalue weighted by atomic mass is 10.1. The number of carboxylic acid groups (broad SMARTS) is 1. The van der Waals surface area contributed by atoms with Gasteiger partial charge in [0, 0.05) is 58.0 Å². The van der Waals surface area contributed by atoms with Crippen LogP contribution in [0.15, 0.2) is 121 Å². The van der Waals surface area contributed by atoms with Gasteiger partial charge in [0.25, 0.3) is 0 Å². The number of aliphatic carboxylic acids is 1. The normalized spacial score (nSPS) is 28.3. The lowest BCUT2D eigenvalue weighted by molar-refractivity contribution is -0.143. The van der Waals surface area contributed by atoms with Gasteiger partial charge in [0.05, 0.1) is 45.7 Å². The maximum atomic E-state index is 16.3. The summed E-state index contributed by atoms with van der Waals surface area (Å²) < 4.78 is 88.8. The zero-order chi connectivity index (χ0) is 79.1. The molecule has 46 heteroatoms. The first-order valence-electron chi connectivity index (χ1n) is 33.4. The molecular formula is C64H74Cl2F3N19O22. The van der Waals surface area contributed by atoms with E-state index in [1.807, 2.05) is 0 Å². The molecule has 0 radical (unpaired) electrons. The van der Waals surface area contributed by atoms with E-state index < -0.39 is 158 Å². The maximum absolute atomic E-state index is 16.3. The van der Waals surface area contributed by atoms with Gasteiger partial charge in [0.2, 0.25) is 17.2 Å². The number of hydrogen-bond donors (Lipinski definition) is 6. The van der Waals surface area contributed by atoms with Crippen molar-refractivity contribution in [2.75, 3.05) is 82.0 Å². The summed E-state index contributed by atoms with van der Waals surface area (Å²) in [5.74, 6) is -3.53. The summed E-state index contributed by atoms with van der Waals surface area (Å²) in [7, 11) is 3.94. The predicted octanol–water partition coefficient (Wildman–Crippen LogP) is 3.46. The van der Waals surface area contributed by atoms with Crippen molar-refractivity contribution in [1.82, 2.24) is 34.0 Å². The van der Waals surface area contributed by atoms with Crippen LogP contribution in [-0.4, -0.2) is 236 Å². The summed E-state index contributed by atoms with van der Waals surface area (Å²) in [6, 6.07) is 15.4. The molecule has 2 aromatic carbocycles. The number of rotatable bonds is 20. The Balaban J connectivity index is 0.000000203. The molecule has 10 heterocycles. The molecule has 6 N–H and O–H groups in total. The van der Waals surface area contributed by atoms with Crippen LogP contribution in [0.3, 0.4) is 0 Å². The Hall–Kier alpha value is -10.7. The number of nitrogens with zero attached hydrogens (tertiary/aromatic N) is 18. The fraction of sp³-hybridized carbons (Fsp3) is 0.531. The van der Waals surface area contributed by atoms with Gasteiger partial charge >= 0.3 is 52.9 Å². The molecule has 12 rings (SSSR count). The number of aliphatic hydroxyl groups excluding tert-OH is 4. The van der Waals surface area contributed by atoms with E-state index in [1.165, 1.54) is 93.2 Å². The number of hydrogen-bond acceptors (Lipinski definition) is 31. The molecule has 110 heavy (non-hydrogen) atoms. The molecule has 0 amide bonds. The van der Waals surface area contributed by atoms with E-state index >= 15 is 4.39 Å². The predicted molar refractivity (Wildman–Crippen MR) is 373 cm³/mol. The van der Waals surface area contributed by atoms with E-state index in [0.29, 0.717) is 58.2 Å². The van der Waals surface area contributed by atoms with Gasteiger partial charge in [0.1, 0.15) is 60.4 Å². The topological polar surface area (TPSA) is 550 Å². The minimum atomic E-state index is -2.44. The van der Waals surface area contributed by atoms with Crippen molar-refractivity contribution in [1.29, 1.82) is 0 Å². The van der Waals surface area contributed by atoms with E-state index in [4.69, 9.17) is 55.8 Å². The van der Waals surface area contributed by atoms with Crippen LogP contribution in [0.4, 0.5) is 30.6 Å². The molecule has 7 aliphatic heterocycles. The molecule has 592 valence electrons. The number of anilines is 3. The van der Waals surface area contributed by atoms with Crippen molar-refractivity contribution >= 4 is 77.3 Å². The van der Waals surface area contributed by atoms with Gasteiger partial charge in [-0.3, -0.25) is 18.5 Å². The van der Waals surface area contributed by atoms with E-state index in [-0.39, 0.29) is 58.0 Å². The van der Waals surface area contributed by atoms with E-state index in [2.05, 4.69) is 55.1 Å². The molecule has 7 saturated heterocycles. The monoisotopic (exact) mass is 1590 g/mol. The number of carboxylic acids is 1. The summed E-state index contributed by atoms with van der Waals surface area (Å²) in [6.45, 7) is -0.612. The first kappa shape index (κ1) is 84.9. The second-order valence-electron chi connectivity index (χ2n) is 25.0. The van der Waals surface area contributed by atoms with Crippen molar-refractivity contribution < 1.29 is 105 Å². The summed E-state index contributed by atoms with van der Waals surface area (Å²) in [6.07, 6.45) is -8.79. The Morgan fingerprint density at radius 1 is 0.582 bits per heavy atom. The molecule has 41 nitrogen and oxygen atoms in total. The summed E-state index contributed by atoms with van der Waals surface area (Å²) in [5.41, 5.74) is 16.9. The molecule has 5 aromatic rings. The number of ether oxygens (including phenoxy) is 8. The third-order valence-electron chi connectivity index (χ3n) is 18.5. The zero-order valence-corrected chi connectivity index (χ0v) is 60.0. The third kappa shape index (κ3) is 18.3. The molecule has 7 aliphatic rings. The van der Waals surface area contributed by atoms with Gasteiger partial charge in [-0.1, -0.05) is 51.2 Å². The lowest BCUT2D eigenvalue weighted by Crippen LogP contribution is -2.47. The average molecular weight is 1590 g/mol. The first-order valence-corrected chi connectivity index (χ1v) is 33.8. The number of methoxy groups -OCH3 is 3. The molecule has 6 unspecified atom stereocenters. The van der Waals surface area contributed by atoms with Gasteiger partial charge < -0.3 is 83.4 Å². The van der Waals surface area contributed by atoms with Crippen LogP contribution in [0.1, 0.15) is 90.8 Å². The minimum absolute atomic E-state index is 0. The second-order valence-corrected chi connectivity index (χ2v) is 25.4. The van der Waals surface area contributed by atoms with Gasteiger partial charge in [-0.25, -0.2) is 51.5 Å².